The summed E-state index contributed by atoms with van der Waals surface area (Å²) in [5, 5.41) is 22.1. The number of fused-ring (bicyclic) bond motifs is 30. The van der Waals surface area contributed by atoms with Gasteiger partial charge in [-0.3, -0.25) is 34.9 Å². The summed E-state index contributed by atoms with van der Waals surface area (Å²) >= 11 is 0. The summed E-state index contributed by atoms with van der Waals surface area (Å²) < 4.78 is 21.2. The van der Waals surface area contributed by atoms with Gasteiger partial charge in [-0.25, -0.2) is 34.9 Å². The first-order valence-electron chi connectivity index (χ1n) is 46.0. The van der Waals surface area contributed by atoms with Gasteiger partial charge in [0.25, 0.3) is 0 Å². The molecule has 0 saturated heterocycles. The second-order valence-electron chi connectivity index (χ2n) is 34.0. The third kappa shape index (κ3) is 16.2. The van der Waals surface area contributed by atoms with Crippen LogP contribution in [0.15, 0.2) is 403 Å². The molecule has 0 bridgehead atoms. The first-order valence-corrected chi connectivity index (χ1v) is 46.0. The maximum atomic E-state index is 4.41. The van der Waals surface area contributed by atoms with Crippen LogP contribution in [0.2, 0.25) is 0 Å². The molecule has 24 heteroatoms. The molecule has 0 spiro atoms. The van der Waals surface area contributed by atoms with Gasteiger partial charge in [0.05, 0.1) is 79.3 Å². The lowest BCUT2D eigenvalue weighted by Gasteiger charge is -1.95. The molecule has 0 amide bonds. The van der Waals surface area contributed by atoms with E-state index in [1.807, 2.05) is 206 Å². The predicted octanol–water partition coefficient (Wildman–Crippen LogP) is 24.8. The van der Waals surface area contributed by atoms with Crippen LogP contribution in [0.5, 0.6) is 0 Å². The summed E-state index contributed by atoms with van der Waals surface area (Å²) in [7, 11) is 20.5. The molecule has 30 rings (SSSR count). The molecule has 140 heavy (non-hydrogen) atoms. The van der Waals surface area contributed by atoms with E-state index in [2.05, 4.69) is 358 Å². The molecule has 0 aliphatic carbocycles. The molecule has 0 fully saturated rings. The Kier molecular flexibility index (Phi) is 24.2. The first-order chi connectivity index (χ1) is 68.8. The Bertz CT molecular complexity index is 7410. The Balaban J connectivity index is 0.0000000924. The number of pyridine rings is 14. The van der Waals surface area contributed by atoms with Crippen molar-refractivity contribution in [3.8, 4) is 0 Å². The van der Waals surface area contributed by atoms with Crippen LogP contribution in [-0.2, 0) is 70.5 Å². The topological polar surface area (TPSA) is 230 Å². The molecule has 0 aliphatic heterocycles. The van der Waals surface area contributed by atoms with Gasteiger partial charge in [0.2, 0.25) is 0 Å². The van der Waals surface area contributed by atoms with Gasteiger partial charge in [-0.2, -0.15) is 0 Å². The lowest BCUT2D eigenvalue weighted by Crippen LogP contribution is -1.89. The first kappa shape index (κ1) is 88.0. The largest absolute Gasteiger partial charge is 0.344 e. The van der Waals surface area contributed by atoms with E-state index in [1.54, 1.807) is 24.8 Å². The molecule has 0 saturated carbocycles. The fourth-order valence-electron chi connectivity index (χ4n) is 19.4. The van der Waals surface area contributed by atoms with Gasteiger partial charge < -0.3 is 45.7 Å². The van der Waals surface area contributed by atoms with Crippen molar-refractivity contribution < 1.29 is 0 Å². The van der Waals surface area contributed by atoms with E-state index in [9.17, 15) is 0 Å². The van der Waals surface area contributed by atoms with Crippen molar-refractivity contribution in [2.75, 3.05) is 0 Å². The molecule has 24 heterocycles. The van der Waals surface area contributed by atoms with Crippen LogP contribution in [0.4, 0.5) is 0 Å². The van der Waals surface area contributed by atoms with Crippen molar-refractivity contribution in [3.63, 3.8) is 0 Å². The molecule has 0 radical (unpaired) electrons. The lowest BCUT2D eigenvalue weighted by molar-refractivity contribution is 0.968. The molecular formula is C116H96N24. The van der Waals surface area contributed by atoms with E-state index in [-0.39, 0.29) is 0 Å². The fraction of sp³-hybridized carbons (Fsp3) is 0.0862. The van der Waals surface area contributed by atoms with E-state index < -0.39 is 0 Å². The van der Waals surface area contributed by atoms with Crippen LogP contribution in [0, 0.1) is 0 Å². The van der Waals surface area contributed by atoms with Crippen LogP contribution < -0.4 is 0 Å². The van der Waals surface area contributed by atoms with Crippen molar-refractivity contribution in [2.45, 2.75) is 0 Å². The molecule has 6 aromatic carbocycles. The molecule has 24 nitrogen and oxygen atoms in total. The van der Waals surface area contributed by atoms with Gasteiger partial charge in [0.15, 0.2) is 0 Å². The number of benzene rings is 6. The van der Waals surface area contributed by atoms with E-state index in [0.717, 1.165) is 94.0 Å². The smallest absolute Gasteiger partial charge is 0.142 e. The van der Waals surface area contributed by atoms with Crippen LogP contribution in [-0.4, -0.2) is 115 Å². The molecular weight excluding hydrogens is 1730 g/mol. The Labute approximate surface area is 803 Å². The summed E-state index contributed by atoms with van der Waals surface area (Å²) in [6.45, 7) is 0. The Morgan fingerprint density at radius 2 is 0.307 bits per heavy atom. The maximum absolute atomic E-state index is 4.41. The minimum Gasteiger partial charge on any atom is -0.344 e. The number of hydrogen-bond donors (Lipinski definition) is 0. The minimum atomic E-state index is 0.987. The average Bonchev–Trinajstić information content (AvgIpc) is 1.70. The van der Waals surface area contributed by atoms with E-state index in [1.165, 1.54) is 125 Å². The molecule has 0 aliphatic rings. The highest BCUT2D eigenvalue weighted by Crippen LogP contribution is 2.35. The predicted molar refractivity (Wildman–Crippen MR) is 573 cm³/mol. The third-order valence-corrected chi connectivity index (χ3v) is 26.3. The van der Waals surface area contributed by atoms with Crippen molar-refractivity contribution in [3.05, 3.63) is 403 Å². The van der Waals surface area contributed by atoms with Gasteiger partial charge in [0, 0.05) is 289 Å². The van der Waals surface area contributed by atoms with Gasteiger partial charge in [0.1, 0.15) is 39.5 Å². The summed E-state index contributed by atoms with van der Waals surface area (Å²) in [5.74, 6) is 0. The Morgan fingerprint density at radius 3 is 0.700 bits per heavy atom. The van der Waals surface area contributed by atoms with Crippen molar-refractivity contribution in [2.24, 2.45) is 70.5 Å². The monoisotopic (exact) mass is 1820 g/mol. The molecule has 680 valence electrons. The second-order valence-corrected chi connectivity index (χ2v) is 34.0. The SMILES string of the molecule is Cn1c2ccccc2c2ccccc21.Cn1c2ccccc2c2cccnc21.Cn1c2ccccc2c2ccncc21.Cn1c2ccccc2c2cnccc21.Cn1c2ccccc2c2ncccc21.Cn1c2cccnc2c2cccnc21.Cn1c2ccncc2c2cccnc21.Cn1c2cnccc2c2cccnc21.Cn1c2cnccc2c2cccnc21.Cn1c2ncccc2c2cccnc21. The van der Waals surface area contributed by atoms with Crippen LogP contribution in [0.25, 0.3) is 219 Å². The average molecular weight is 1830 g/mol. The summed E-state index contributed by atoms with van der Waals surface area (Å²) in [6, 6.07) is 97.1. The number of aromatic nitrogens is 24. The maximum Gasteiger partial charge on any atom is 0.142 e. The highest BCUT2D eigenvalue weighted by Gasteiger charge is 2.17. The van der Waals surface area contributed by atoms with Crippen molar-refractivity contribution in [1.29, 1.82) is 0 Å². The minimum absolute atomic E-state index is 0.987. The van der Waals surface area contributed by atoms with Crippen LogP contribution in [0.1, 0.15) is 0 Å². The number of para-hydroxylation sites is 6. The van der Waals surface area contributed by atoms with Crippen LogP contribution >= 0.6 is 0 Å². The normalized spacial score (nSPS) is 11.2. The molecule has 24 aromatic heterocycles. The van der Waals surface area contributed by atoms with Crippen molar-refractivity contribution >= 4 is 219 Å². The number of aryl methyl sites for hydroxylation is 10. The molecule has 0 atom stereocenters. The lowest BCUT2D eigenvalue weighted by atomic mass is 10.2. The molecule has 30 aromatic rings. The zero-order valence-corrected chi connectivity index (χ0v) is 78.8. The van der Waals surface area contributed by atoms with Gasteiger partial charge in [-0.15, -0.1) is 0 Å². The van der Waals surface area contributed by atoms with Gasteiger partial charge in [-0.05, 0) is 176 Å². The van der Waals surface area contributed by atoms with E-state index in [0.29, 0.717) is 0 Å². The van der Waals surface area contributed by atoms with E-state index >= 15 is 0 Å². The number of rotatable bonds is 0. The Hall–Kier alpha value is -18.6. The zero-order valence-electron chi connectivity index (χ0n) is 78.8. The highest BCUT2D eigenvalue weighted by molar-refractivity contribution is 6.14. The third-order valence-electron chi connectivity index (χ3n) is 26.3. The highest BCUT2D eigenvalue weighted by atomic mass is 15.1. The van der Waals surface area contributed by atoms with E-state index in [4.69, 9.17) is 0 Å². The van der Waals surface area contributed by atoms with Crippen LogP contribution in [0.3, 0.4) is 0 Å². The molecule has 0 N–H and O–H groups in total. The summed E-state index contributed by atoms with van der Waals surface area (Å²) in [5.41, 5.74) is 24.9. The zero-order chi connectivity index (χ0) is 95.4. The number of hydrogen-bond acceptors (Lipinski definition) is 14. The Morgan fingerprint density at radius 1 is 0.121 bits per heavy atom. The second kappa shape index (κ2) is 38.4. The fourth-order valence-corrected chi connectivity index (χ4v) is 19.4. The quantitative estimate of drug-likeness (QED) is 0.138. The van der Waals surface area contributed by atoms with Crippen molar-refractivity contribution in [1.82, 2.24) is 115 Å². The number of nitrogens with zero attached hydrogens (tertiary/aromatic N) is 24. The standard InChI is InChI=1S/C13H11N.4C12H10N2.5C11H9N3/c1-14-12-8-4-2-6-10(12)11-7-3-5-9-13(11)14;1-14-11-7-3-2-5-9(11)10-6-4-8-13-12(10)14;1-14-10-6-3-2-5-9(10)12-11(14)7-4-8-13-12;1-14-11-5-3-2-4-9(11)10-8-13-7-6-12(10)14;1-14-11-5-3-2-4-9(11)10-6-7-13-8-12(10)14;1-14-9-5-3-6-12-10(9)8-4-2-7-13-11(8)14;1-14-10-8(4-2-6-12-10)9-5-3-7-13-11(9)14;2*1-14-10-7-12-6-4-8(10)9-3-2-5-13-11(9)14;1-14-10-4-6-12-7-9(10)8-3-2-5-13-11(8)14/h2-9H,1H3;4*2-8H,1H3;5*2-7H,1H3. The van der Waals surface area contributed by atoms with Gasteiger partial charge in [-0.1, -0.05) is 109 Å². The summed E-state index contributed by atoms with van der Waals surface area (Å²) in [6.07, 6.45) is 34.9. The summed E-state index contributed by atoms with van der Waals surface area (Å²) in [4.78, 5) is 59.9. The molecule has 0 unspecified atom stereocenters. The van der Waals surface area contributed by atoms with Gasteiger partial charge >= 0.3 is 0 Å².